The summed E-state index contributed by atoms with van der Waals surface area (Å²) in [5, 5.41) is 8.50. The molecule has 0 amide bonds. The third-order valence-corrected chi connectivity index (χ3v) is 1.84. The maximum absolute atomic E-state index is 13.1. The number of nitrogens with zero attached hydrogens (tertiary/aromatic N) is 1. The lowest BCUT2D eigenvalue weighted by Crippen LogP contribution is -2.08. The molecule has 1 rings (SSSR count). The molecule has 0 aliphatic carbocycles. The number of rotatable bonds is 4. The number of halogens is 3. The first-order valence-corrected chi connectivity index (χ1v) is 4.19. The number of aromatic nitrogens is 1. The normalized spacial score (nSPS) is 10.6. The molecule has 0 fully saturated rings. The summed E-state index contributed by atoms with van der Waals surface area (Å²) in [6.45, 7) is 0. The minimum atomic E-state index is -3.12. The fourth-order valence-electron chi connectivity index (χ4n) is 1.19. The number of hydrogen-bond acceptors (Lipinski definition) is 3. The molecule has 0 saturated carbocycles. The molecule has 0 atom stereocenters. The number of carbonyl (C=O) groups is 1. The van der Waals surface area contributed by atoms with Gasteiger partial charge >= 0.3 is 5.97 Å². The summed E-state index contributed by atoms with van der Waals surface area (Å²) in [4.78, 5) is 13.5. The number of carboxylic acids is 1. The van der Waals surface area contributed by atoms with Crippen molar-refractivity contribution < 1.29 is 27.8 Å². The fourth-order valence-corrected chi connectivity index (χ4v) is 1.19. The zero-order valence-electron chi connectivity index (χ0n) is 8.21. The number of carboxylic acid groups (broad SMARTS) is 1. The van der Waals surface area contributed by atoms with Gasteiger partial charge in [-0.15, -0.1) is 0 Å². The molecule has 0 radical (unpaired) electrons. The van der Waals surface area contributed by atoms with Gasteiger partial charge in [0.15, 0.2) is 0 Å². The van der Waals surface area contributed by atoms with E-state index in [1.54, 1.807) is 0 Å². The SMILES string of the molecule is COc1cc(CC(=O)O)c(C(F)F)c(F)n1. The van der Waals surface area contributed by atoms with Crippen LogP contribution in [0.5, 0.6) is 5.88 Å². The average Bonchev–Trinajstić information content (AvgIpc) is 2.14. The summed E-state index contributed by atoms with van der Waals surface area (Å²) in [7, 11) is 1.17. The first-order chi connectivity index (χ1) is 7.45. The number of hydrogen-bond donors (Lipinski definition) is 1. The van der Waals surface area contributed by atoms with Gasteiger partial charge in [0.25, 0.3) is 6.43 Å². The lowest BCUT2D eigenvalue weighted by Gasteiger charge is -2.09. The van der Waals surface area contributed by atoms with Crippen LogP contribution < -0.4 is 4.74 Å². The van der Waals surface area contributed by atoms with Crippen LogP contribution in [-0.4, -0.2) is 23.2 Å². The van der Waals surface area contributed by atoms with E-state index in [4.69, 9.17) is 5.11 Å². The largest absolute Gasteiger partial charge is 0.481 e. The number of aliphatic carboxylic acids is 1. The van der Waals surface area contributed by atoms with Crippen LogP contribution in [0.4, 0.5) is 13.2 Å². The molecule has 16 heavy (non-hydrogen) atoms. The van der Waals surface area contributed by atoms with E-state index < -0.39 is 30.3 Å². The third kappa shape index (κ3) is 2.62. The van der Waals surface area contributed by atoms with Gasteiger partial charge in [-0.25, -0.2) is 8.78 Å². The molecule has 0 aromatic carbocycles. The predicted octanol–water partition coefficient (Wildman–Crippen LogP) is 1.79. The van der Waals surface area contributed by atoms with Gasteiger partial charge in [0.2, 0.25) is 11.8 Å². The lowest BCUT2D eigenvalue weighted by atomic mass is 10.1. The average molecular weight is 235 g/mol. The van der Waals surface area contributed by atoms with E-state index in [0.717, 1.165) is 6.07 Å². The predicted molar refractivity (Wildman–Crippen MR) is 47.0 cm³/mol. The van der Waals surface area contributed by atoms with E-state index >= 15 is 0 Å². The molecule has 0 saturated heterocycles. The number of methoxy groups -OCH3 is 1. The third-order valence-electron chi connectivity index (χ3n) is 1.84. The summed E-state index contributed by atoms with van der Waals surface area (Å²) >= 11 is 0. The standard InChI is InChI=1S/C9H8F3NO3/c1-16-5-2-4(3-6(14)15)7(8(10)11)9(12)13-5/h2,8H,3H2,1H3,(H,14,15). The van der Waals surface area contributed by atoms with Crippen LogP contribution in [0.3, 0.4) is 0 Å². The summed E-state index contributed by atoms with van der Waals surface area (Å²) in [5.41, 5.74) is -1.34. The molecule has 1 heterocycles. The molecular formula is C9H8F3NO3. The Morgan fingerprint density at radius 2 is 2.25 bits per heavy atom. The monoisotopic (exact) mass is 235 g/mol. The van der Waals surface area contributed by atoms with E-state index in [0.29, 0.717) is 0 Å². The summed E-state index contributed by atoms with van der Waals surface area (Å²) in [5.74, 6) is -2.99. The Bertz CT molecular complexity index is 409. The Kier molecular flexibility index (Phi) is 3.70. The second-order valence-corrected chi connectivity index (χ2v) is 2.90. The zero-order valence-corrected chi connectivity index (χ0v) is 8.21. The van der Waals surface area contributed by atoms with Crippen LogP contribution in [0.2, 0.25) is 0 Å². The van der Waals surface area contributed by atoms with E-state index in [-0.39, 0.29) is 11.4 Å². The van der Waals surface area contributed by atoms with Crippen molar-refractivity contribution in [1.82, 2.24) is 4.98 Å². The van der Waals surface area contributed by atoms with Gasteiger partial charge in [0.1, 0.15) is 0 Å². The molecule has 0 unspecified atom stereocenters. The van der Waals surface area contributed by atoms with Crippen molar-refractivity contribution in [2.45, 2.75) is 12.8 Å². The zero-order chi connectivity index (χ0) is 12.3. The number of ether oxygens (including phenoxy) is 1. The smallest absolute Gasteiger partial charge is 0.307 e. The van der Waals surface area contributed by atoms with E-state index in [1.165, 1.54) is 7.11 Å². The first-order valence-electron chi connectivity index (χ1n) is 4.19. The van der Waals surface area contributed by atoms with Crippen molar-refractivity contribution in [3.63, 3.8) is 0 Å². The molecule has 0 spiro atoms. The molecule has 7 heteroatoms. The van der Waals surface area contributed by atoms with Crippen LogP contribution in [0.15, 0.2) is 6.07 Å². The van der Waals surface area contributed by atoms with Crippen LogP contribution in [0, 0.1) is 5.95 Å². The van der Waals surface area contributed by atoms with Gasteiger partial charge in [-0.2, -0.15) is 9.37 Å². The van der Waals surface area contributed by atoms with Gasteiger partial charge in [-0.1, -0.05) is 0 Å². The Balaban J connectivity index is 3.28. The highest BCUT2D eigenvalue weighted by atomic mass is 19.3. The highest BCUT2D eigenvalue weighted by Crippen LogP contribution is 2.27. The topological polar surface area (TPSA) is 59.4 Å². The van der Waals surface area contributed by atoms with Crippen LogP contribution in [0.25, 0.3) is 0 Å². The molecule has 88 valence electrons. The Labute approximate surface area is 88.7 Å². The second kappa shape index (κ2) is 4.82. The highest BCUT2D eigenvalue weighted by Gasteiger charge is 2.22. The molecule has 0 aliphatic rings. The van der Waals surface area contributed by atoms with Crippen LogP contribution in [0.1, 0.15) is 17.6 Å². The minimum absolute atomic E-state index is 0.238. The Morgan fingerprint density at radius 3 is 2.69 bits per heavy atom. The summed E-state index contributed by atoms with van der Waals surface area (Å²) in [6, 6.07) is 0.985. The minimum Gasteiger partial charge on any atom is -0.481 e. The van der Waals surface area contributed by atoms with Crippen LogP contribution >= 0.6 is 0 Å². The fraction of sp³-hybridized carbons (Fsp3) is 0.333. The highest BCUT2D eigenvalue weighted by molar-refractivity contribution is 5.71. The second-order valence-electron chi connectivity index (χ2n) is 2.90. The van der Waals surface area contributed by atoms with Crippen molar-refractivity contribution in [1.29, 1.82) is 0 Å². The molecule has 0 bridgehead atoms. The maximum Gasteiger partial charge on any atom is 0.307 e. The van der Waals surface area contributed by atoms with E-state index in [1.807, 2.05) is 0 Å². The molecule has 1 N–H and O–H groups in total. The Hall–Kier alpha value is -1.79. The number of pyridine rings is 1. The molecule has 1 aromatic heterocycles. The quantitative estimate of drug-likeness (QED) is 0.808. The van der Waals surface area contributed by atoms with Crippen molar-refractivity contribution >= 4 is 5.97 Å². The first kappa shape index (κ1) is 12.3. The van der Waals surface area contributed by atoms with Gasteiger partial charge < -0.3 is 9.84 Å². The number of alkyl halides is 2. The van der Waals surface area contributed by atoms with E-state index in [2.05, 4.69) is 9.72 Å². The molecule has 1 aromatic rings. The molecular weight excluding hydrogens is 227 g/mol. The van der Waals surface area contributed by atoms with Gasteiger partial charge in [-0.3, -0.25) is 4.79 Å². The Morgan fingerprint density at radius 1 is 1.62 bits per heavy atom. The van der Waals surface area contributed by atoms with Crippen LogP contribution in [-0.2, 0) is 11.2 Å². The maximum atomic E-state index is 13.1. The summed E-state index contributed by atoms with van der Waals surface area (Å²) in [6.07, 6.45) is -3.83. The van der Waals surface area contributed by atoms with Gasteiger partial charge in [-0.05, 0) is 5.56 Å². The van der Waals surface area contributed by atoms with Gasteiger partial charge in [0, 0.05) is 6.07 Å². The van der Waals surface area contributed by atoms with Crippen molar-refractivity contribution in [2.75, 3.05) is 7.11 Å². The lowest BCUT2D eigenvalue weighted by molar-refractivity contribution is -0.136. The van der Waals surface area contributed by atoms with Crippen molar-refractivity contribution in [2.24, 2.45) is 0 Å². The van der Waals surface area contributed by atoms with E-state index in [9.17, 15) is 18.0 Å². The van der Waals surface area contributed by atoms with Gasteiger partial charge in [0.05, 0.1) is 19.1 Å². The molecule has 4 nitrogen and oxygen atoms in total. The summed E-state index contributed by atoms with van der Waals surface area (Å²) < 4.78 is 42.6. The van der Waals surface area contributed by atoms with Crippen molar-refractivity contribution in [3.05, 3.63) is 23.1 Å². The van der Waals surface area contributed by atoms with Crippen molar-refractivity contribution in [3.8, 4) is 5.88 Å². The molecule has 0 aliphatic heterocycles.